The second kappa shape index (κ2) is 12.7. The molecule has 2 nitrogen and oxygen atoms in total. The third-order valence-electron chi connectivity index (χ3n) is 9.51. The summed E-state index contributed by atoms with van der Waals surface area (Å²) in [6.07, 6.45) is 13.4. The number of fused-ring (bicyclic) bond motifs is 2. The van der Waals surface area contributed by atoms with Gasteiger partial charge in [-0.1, -0.05) is 121 Å². The van der Waals surface area contributed by atoms with Crippen molar-refractivity contribution in [3.63, 3.8) is 0 Å². The lowest BCUT2D eigenvalue weighted by Crippen LogP contribution is -2.23. The average molecular weight is 607 g/mol. The van der Waals surface area contributed by atoms with E-state index in [2.05, 4.69) is 181 Å². The Bertz CT molecular complexity index is 2140. The number of nitrogens with zero attached hydrogens (tertiary/aromatic N) is 2. The van der Waals surface area contributed by atoms with Gasteiger partial charge in [0.1, 0.15) is 0 Å². The molecule has 0 spiro atoms. The van der Waals surface area contributed by atoms with Gasteiger partial charge >= 0.3 is 0 Å². The molecule has 8 rings (SSSR count). The third kappa shape index (κ3) is 5.57. The summed E-state index contributed by atoms with van der Waals surface area (Å²) in [5.41, 5.74) is 13.8. The molecule has 0 amide bonds. The molecule has 228 valence electrons. The van der Waals surface area contributed by atoms with E-state index in [1.165, 1.54) is 67.0 Å². The van der Waals surface area contributed by atoms with Gasteiger partial charge in [0.05, 0.1) is 5.69 Å². The molecule has 2 aliphatic carbocycles. The van der Waals surface area contributed by atoms with Crippen LogP contribution in [-0.2, 0) is 6.42 Å². The molecular formula is C45H38N2. The van der Waals surface area contributed by atoms with Crippen LogP contribution < -0.4 is 9.80 Å². The summed E-state index contributed by atoms with van der Waals surface area (Å²) in [5.74, 6) is 0. The summed E-state index contributed by atoms with van der Waals surface area (Å²) < 4.78 is 0. The number of benzene rings is 6. The molecule has 0 aliphatic heterocycles. The molecule has 0 radical (unpaired) electrons. The SMILES string of the molecule is Cc1ccccc1N(c1ccc(-c2ccc(N(C3=CC=CCC3)C3=CCCc4ccccc43)cc2)cc1)c1cccc2ccccc12. The molecule has 6 aromatic carbocycles. The highest BCUT2D eigenvalue weighted by molar-refractivity contribution is 5.99. The molecule has 0 unspecified atom stereocenters. The van der Waals surface area contributed by atoms with Crippen LogP contribution in [0.25, 0.3) is 27.6 Å². The number of rotatable bonds is 7. The standard InChI is InChI=1S/C45H38N2/c1-33-13-5-10-22-43(33)47(45-24-12-17-37-15-7-9-21-42(37)45)40-31-27-35(28-32-40)34-25-29-39(30-26-34)46(38-18-3-2-4-19-38)44-23-11-16-36-14-6-8-20-41(36)44/h2-3,5-10,12-15,17-18,20-32H,4,11,16,19H2,1H3. The van der Waals surface area contributed by atoms with Crippen molar-refractivity contribution in [3.8, 4) is 11.1 Å². The highest BCUT2D eigenvalue weighted by Gasteiger charge is 2.23. The van der Waals surface area contributed by atoms with Crippen molar-refractivity contribution in [3.05, 3.63) is 186 Å². The van der Waals surface area contributed by atoms with Crippen LogP contribution in [-0.4, -0.2) is 0 Å². The Morgan fingerprint density at radius 2 is 1.19 bits per heavy atom. The lowest BCUT2D eigenvalue weighted by Gasteiger charge is -2.33. The normalized spacial score (nSPS) is 13.9. The van der Waals surface area contributed by atoms with Gasteiger partial charge in [0.15, 0.2) is 0 Å². The maximum atomic E-state index is 2.48. The molecule has 6 aromatic rings. The minimum atomic E-state index is 1.04. The first-order valence-corrected chi connectivity index (χ1v) is 16.7. The second-order valence-electron chi connectivity index (χ2n) is 12.5. The molecule has 0 saturated heterocycles. The van der Waals surface area contributed by atoms with Crippen LogP contribution in [0.4, 0.5) is 22.7 Å². The van der Waals surface area contributed by atoms with Crippen LogP contribution in [0, 0.1) is 6.92 Å². The predicted molar refractivity (Wildman–Crippen MR) is 200 cm³/mol. The molecule has 0 heterocycles. The van der Waals surface area contributed by atoms with Crippen LogP contribution in [0.3, 0.4) is 0 Å². The molecule has 0 aromatic heterocycles. The summed E-state index contributed by atoms with van der Waals surface area (Å²) in [4.78, 5) is 4.88. The van der Waals surface area contributed by atoms with Crippen LogP contribution >= 0.6 is 0 Å². The second-order valence-corrected chi connectivity index (χ2v) is 12.5. The van der Waals surface area contributed by atoms with Gasteiger partial charge < -0.3 is 9.80 Å². The minimum Gasteiger partial charge on any atom is -0.314 e. The van der Waals surface area contributed by atoms with Gasteiger partial charge in [0.2, 0.25) is 0 Å². The van der Waals surface area contributed by atoms with Gasteiger partial charge in [-0.25, -0.2) is 0 Å². The summed E-state index contributed by atoms with van der Waals surface area (Å²) >= 11 is 0. The zero-order chi connectivity index (χ0) is 31.6. The molecule has 0 fully saturated rings. The van der Waals surface area contributed by atoms with Crippen molar-refractivity contribution in [2.75, 3.05) is 9.80 Å². The largest absolute Gasteiger partial charge is 0.314 e. The Morgan fingerprint density at radius 3 is 1.96 bits per heavy atom. The van der Waals surface area contributed by atoms with E-state index in [0.717, 1.165) is 31.4 Å². The van der Waals surface area contributed by atoms with Gasteiger partial charge in [-0.3, -0.25) is 0 Å². The number of para-hydroxylation sites is 1. The number of hydrogen-bond acceptors (Lipinski definition) is 2. The van der Waals surface area contributed by atoms with Gasteiger partial charge in [-0.2, -0.15) is 0 Å². The smallest absolute Gasteiger partial charge is 0.0540 e. The molecule has 47 heavy (non-hydrogen) atoms. The predicted octanol–water partition coefficient (Wildman–Crippen LogP) is 12.3. The Hall–Kier alpha value is -5.60. The molecule has 2 aliphatic rings. The van der Waals surface area contributed by atoms with Gasteiger partial charge in [-0.05, 0) is 103 Å². The topological polar surface area (TPSA) is 6.48 Å². The van der Waals surface area contributed by atoms with Crippen LogP contribution in [0.1, 0.15) is 36.0 Å². The Morgan fingerprint density at radius 1 is 0.532 bits per heavy atom. The van der Waals surface area contributed by atoms with Crippen molar-refractivity contribution in [1.29, 1.82) is 0 Å². The van der Waals surface area contributed by atoms with Crippen molar-refractivity contribution in [2.45, 2.75) is 32.6 Å². The highest BCUT2D eigenvalue weighted by atomic mass is 15.2. The van der Waals surface area contributed by atoms with Crippen molar-refractivity contribution >= 4 is 39.2 Å². The van der Waals surface area contributed by atoms with Gasteiger partial charge in [0.25, 0.3) is 0 Å². The van der Waals surface area contributed by atoms with E-state index in [9.17, 15) is 0 Å². The zero-order valence-electron chi connectivity index (χ0n) is 26.8. The monoisotopic (exact) mass is 606 g/mol. The fraction of sp³-hybridized carbons (Fsp3) is 0.111. The van der Waals surface area contributed by atoms with E-state index in [0.29, 0.717) is 0 Å². The molecular weight excluding hydrogens is 569 g/mol. The van der Waals surface area contributed by atoms with Crippen molar-refractivity contribution in [2.24, 2.45) is 0 Å². The van der Waals surface area contributed by atoms with Crippen LogP contribution in [0.15, 0.2) is 170 Å². The Kier molecular flexibility index (Phi) is 7.77. The molecule has 2 heteroatoms. The molecule has 0 N–H and O–H groups in total. The van der Waals surface area contributed by atoms with Crippen molar-refractivity contribution in [1.82, 2.24) is 0 Å². The lowest BCUT2D eigenvalue weighted by molar-refractivity contribution is 0.904. The molecule has 0 bridgehead atoms. The number of hydrogen-bond donors (Lipinski definition) is 0. The van der Waals surface area contributed by atoms with E-state index in [1.54, 1.807) is 0 Å². The first-order valence-electron chi connectivity index (χ1n) is 16.7. The van der Waals surface area contributed by atoms with E-state index >= 15 is 0 Å². The van der Waals surface area contributed by atoms with Crippen LogP contribution in [0.5, 0.6) is 0 Å². The third-order valence-corrected chi connectivity index (χ3v) is 9.51. The van der Waals surface area contributed by atoms with E-state index in [4.69, 9.17) is 0 Å². The summed E-state index contributed by atoms with van der Waals surface area (Å²) in [6, 6.07) is 50.9. The zero-order valence-corrected chi connectivity index (χ0v) is 26.8. The maximum absolute atomic E-state index is 2.48. The number of aryl methyl sites for hydroxylation is 2. The summed E-state index contributed by atoms with van der Waals surface area (Å²) in [7, 11) is 0. The number of anilines is 4. The first-order chi connectivity index (χ1) is 23.2. The van der Waals surface area contributed by atoms with Gasteiger partial charge in [0, 0.05) is 39.4 Å². The van der Waals surface area contributed by atoms with E-state index < -0.39 is 0 Å². The highest BCUT2D eigenvalue weighted by Crippen LogP contribution is 2.42. The fourth-order valence-corrected chi connectivity index (χ4v) is 7.14. The average Bonchev–Trinajstić information content (AvgIpc) is 3.14. The maximum Gasteiger partial charge on any atom is 0.0540 e. The summed E-state index contributed by atoms with van der Waals surface area (Å²) in [6.45, 7) is 2.19. The fourth-order valence-electron chi connectivity index (χ4n) is 7.14. The Balaban J connectivity index is 1.15. The minimum absolute atomic E-state index is 1.04. The van der Waals surface area contributed by atoms with E-state index in [-0.39, 0.29) is 0 Å². The number of allylic oxidation sites excluding steroid dienone is 5. The molecule has 0 saturated carbocycles. The van der Waals surface area contributed by atoms with Crippen molar-refractivity contribution < 1.29 is 0 Å². The first kappa shape index (κ1) is 28.8. The lowest BCUT2D eigenvalue weighted by atomic mass is 9.92. The summed E-state index contributed by atoms with van der Waals surface area (Å²) in [5, 5.41) is 2.48. The van der Waals surface area contributed by atoms with Crippen LogP contribution in [0.2, 0.25) is 0 Å². The van der Waals surface area contributed by atoms with E-state index in [1.807, 2.05) is 0 Å². The van der Waals surface area contributed by atoms with Gasteiger partial charge in [-0.15, -0.1) is 0 Å². The quantitative estimate of drug-likeness (QED) is 0.178. The Labute approximate surface area is 278 Å². The molecule has 0 atom stereocenters.